The summed E-state index contributed by atoms with van der Waals surface area (Å²) in [6, 6.07) is 14.0. The molecule has 3 rings (SSSR count). The van der Waals surface area contributed by atoms with Gasteiger partial charge in [0.15, 0.2) is 0 Å². The molecular weight excluding hydrogens is 331 g/mol. The smallest absolute Gasteiger partial charge is 0.271 e. The molecule has 1 amide bonds. The molecule has 0 aliphatic rings. The summed E-state index contributed by atoms with van der Waals surface area (Å²) in [6.07, 6.45) is 3.92. The Kier molecular flexibility index (Phi) is 5.53. The summed E-state index contributed by atoms with van der Waals surface area (Å²) in [7, 11) is 0. The fourth-order valence-electron chi connectivity index (χ4n) is 2.36. The third-order valence-electron chi connectivity index (χ3n) is 3.89. The predicted octanol–water partition coefficient (Wildman–Crippen LogP) is 3.85. The van der Waals surface area contributed by atoms with Crippen LogP contribution in [-0.4, -0.2) is 15.9 Å². The highest BCUT2D eigenvalue weighted by molar-refractivity contribution is 5.92. The minimum Gasteiger partial charge on any atom is -0.347 e. The lowest BCUT2D eigenvalue weighted by Crippen LogP contribution is -2.24. The highest BCUT2D eigenvalue weighted by atomic mass is 19.1. The molecule has 0 saturated heterocycles. The lowest BCUT2D eigenvalue weighted by Gasteiger charge is -2.07. The molecule has 26 heavy (non-hydrogen) atoms. The summed E-state index contributed by atoms with van der Waals surface area (Å²) in [6.45, 7) is 2.40. The summed E-state index contributed by atoms with van der Waals surface area (Å²) in [4.78, 5) is 20.5. The SMILES string of the molecule is CCc1ccc(Nc2cnc(C(=O)NCc3ccc(F)cc3)cn2)cc1. The van der Waals surface area contributed by atoms with Crippen LogP contribution < -0.4 is 10.6 Å². The summed E-state index contributed by atoms with van der Waals surface area (Å²) >= 11 is 0. The predicted molar refractivity (Wildman–Crippen MR) is 98.7 cm³/mol. The van der Waals surface area contributed by atoms with Gasteiger partial charge in [0.05, 0.1) is 12.4 Å². The summed E-state index contributed by atoms with van der Waals surface area (Å²) < 4.78 is 12.9. The number of aryl methyl sites for hydroxylation is 1. The van der Waals surface area contributed by atoms with Gasteiger partial charge in [-0.1, -0.05) is 31.2 Å². The molecule has 2 N–H and O–H groups in total. The highest BCUT2D eigenvalue weighted by Gasteiger charge is 2.08. The van der Waals surface area contributed by atoms with Gasteiger partial charge in [0.25, 0.3) is 5.91 Å². The Morgan fingerprint density at radius 3 is 2.27 bits per heavy atom. The first-order valence-corrected chi connectivity index (χ1v) is 8.34. The molecule has 0 bridgehead atoms. The van der Waals surface area contributed by atoms with Gasteiger partial charge in [-0.3, -0.25) is 4.79 Å². The van der Waals surface area contributed by atoms with Crippen molar-refractivity contribution in [2.75, 3.05) is 5.32 Å². The Hall–Kier alpha value is -3.28. The zero-order valence-electron chi connectivity index (χ0n) is 14.4. The van der Waals surface area contributed by atoms with Crippen LogP contribution in [0.25, 0.3) is 0 Å². The van der Waals surface area contributed by atoms with Gasteiger partial charge in [-0.2, -0.15) is 0 Å². The Bertz CT molecular complexity index is 862. The molecule has 0 fully saturated rings. The van der Waals surface area contributed by atoms with Gasteiger partial charge in [0.1, 0.15) is 17.3 Å². The molecule has 132 valence electrons. The van der Waals surface area contributed by atoms with Crippen molar-refractivity contribution in [1.29, 1.82) is 0 Å². The first-order valence-electron chi connectivity index (χ1n) is 8.34. The topological polar surface area (TPSA) is 66.9 Å². The molecule has 0 atom stereocenters. The van der Waals surface area contributed by atoms with Crippen LogP contribution in [0.5, 0.6) is 0 Å². The van der Waals surface area contributed by atoms with Crippen LogP contribution in [0.4, 0.5) is 15.9 Å². The highest BCUT2D eigenvalue weighted by Crippen LogP contribution is 2.15. The summed E-state index contributed by atoms with van der Waals surface area (Å²) in [5.41, 5.74) is 3.19. The van der Waals surface area contributed by atoms with E-state index >= 15 is 0 Å². The fourth-order valence-corrected chi connectivity index (χ4v) is 2.36. The van der Waals surface area contributed by atoms with E-state index in [4.69, 9.17) is 0 Å². The Balaban J connectivity index is 1.57. The maximum absolute atomic E-state index is 12.9. The van der Waals surface area contributed by atoms with Gasteiger partial charge in [-0.15, -0.1) is 0 Å². The number of anilines is 2. The van der Waals surface area contributed by atoms with E-state index in [-0.39, 0.29) is 17.4 Å². The molecule has 2 aromatic carbocycles. The number of hydrogen-bond acceptors (Lipinski definition) is 4. The van der Waals surface area contributed by atoms with Gasteiger partial charge < -0.3 is 10.6 Å². The van der Waals surface area contributed by atoms with E-state index < -0.39 is 0 Å². The third kappa shape index (κ3) is 4.63. The van der Waals surface area contributed by atoms with Crippen molar-refractivity contribution in [3.8, 4) is 0 Å². The number of nitrogens with zero attached hydrogens (tertiary/aromatic N) is 2. The molecule has 0 saturated carbocycles. The van der Waals surface area contributed by atoms with Crippen LogP contribution >= 0.6 is 0 Å². The number of halogens is 1. The monoisotopic (exact) mass is 350 g/mol. The van der Waals surface area contributed by atoms with Crippen molar-refractivity contribution in [2.24, 2.45) is 0 Å². The summed E-state index contributed by atoms with van der Waals surface area (Å²) in [5, 5.41) is 5.88. The second-order valence-corrected chi connectivity index (χ2v) is 5.77. The normalized spacial score (nSPS) is 10.4. The van der Waals surface area contributed by atoms with Crippen LogP contribution in [0.1, 0.15) is 28.5 Å². The number of amides is 1. The first-order chi connectivity index (χ1) is 12.6. The Morgan fingerprint density at radius 2 is 1.65 bits per heavy atom. The van der Waals surface area contributed by atoms with E-state index in [2.05, 4.69) is 27.5 Å². The largest absolute Gasteiger partial charge is 0.347 e. The number of carbonyl (C=O) groups is 1. The Morgan fingerprint density at radius 1 is 0.962 bits per heavy atom. The average molecular weight is 350 g/mol. The molecule has 1 heterocycles. The van der Waals surface area contributed by atoms with E-state index in [1.54, 1.807) is 12.1 Å². The Labute approximate surface area is 151 Å². The number of aromatic nitrogens is 2. The lowest BCUT2D eigenvalue weighted by atomic mass is 10.1. The molecule has 0 aliphatic carbocycles. The second kappa shape index (κ2) is 8.20. The van der Waals surface area contributed by atoms with Crippen molar-refractivity contribution < 1.29 is 9.18 Å². The van der Waals surface area contributed by atoms with Crippen LogP contribution in [0.3, 0.4) is 0 Å². The van der Waals surface area contributed by atoms with Gasteiger partial charge in [0.2, 0.25) is 0 Å². The van der Waals surface area contributed by atoms with Gasteiger partial charge >= 0.3 is 0 Å². The first kappa shape index (κ1) is 17.5. The molecule has 1 aromatic heterocycles. The number of carbonyl (C=O) groups excluding carboxylic acids is 1. The fraction of sp³-hybridized carbons (Fsp3) is 0.150. The van der Waals surface area contributed by atoms with Crippen molar-refractivity contribution >= 4 is 17.4 Å². The summed E-state index contributed by atoms with van der Waals surface area (Å²) in [5.74, 6) is -0.0802. The van der Waals surface area contributed by atoms with Crippen LogP contribution in [0.15, 0.2) is 60.9 Å². The number of nitrogens with one attached hydrogen (secondary N) is 2. The average Bonchev–Trinajstić information content (AvgIpc) is 2.68. The van der Waals surface area contributed by atoms with E-state index in [0.29, 0.717) is 12.4 Å². The van der Waals surface area contributed by atoms with Crippen LogP contribution in [0, 0.1) is 5.82 Å². The number of hydrogen-bond donors (Lipinski definition) is 2. The van der Waals surface area contributed by atoms with E-state index in [1.165, 1.54) is 30.1 Å². The molecule has 0 radical (unpaired) electrons. The number of benzene rings is 2. The molecule has 3 aromatic rings. The molecule has 0 spiro atoms. The molecular formula is C20H19FN4O. The number of rotatable bonds is 6. The van der Waals surface area contributed by atoms with Crippen molar-refractivity contribution in [1.82, 2.24) is 15.3 Å². The minimum absolute atomic E-state index is 0.221. The second-order valence-electron chi connectivity index (χ2n) is 5.77. The lowest BCUT2D eigenvalue weighted by molar-refractivity contribution is 0.0945. The van der Waals surface area contributed by atoms with Crippen LogP contribution in [0.2, 0.25) is 0 Å². The van der Waals surface area contributed by atoms with Crippen LogP contribution in [-0.2, 0) is 13.0 Å². The third-order valence-corrected chi connectivity index (χ3v) is 3.89. The molecule has 6 heteroatoms. The zero-order chi connectivity index (χ0) is 18.4. The van der Waals surface area contributed by atoms with Gasteiger partial charge in [0, 0.05) is 12.2 Å². The van der Waals surface area contributed by atoms with Crippen molar-refractivity contribution in [2.45, 2.75) is 19.9 Å². The van der Waals surface area contributed by atoms with Gasteiger partial charge in [-0.25, -0.2) is 14.4 Å². The minimum atomic E-state index is -0.333. The van der Waals surface area contributed by atoms with E-state index in [0.717, 1.165) is 17.7 Å². The van der Waals surface area contributed by atoms with Crippen molar-refractivity contribution in [3.05, 3.63) is 83.6 Å². The van der Waals surface area contributed by atoms with Gasteiger partial charge in [-0.05, 0) is 41.8 Å². The molecule has 0 aliphatic heterocycles. The maximum atomic E-state index is 12.9. The van der Waals surface area contributed by atoms with E-state index in [1.807, 2.05) is 24.3 Å². The molecule has 0 unspecified atom stereocenters. The standard InChI is InChI=1S/C20H19FN4O/c1-2-14-5-9-17(10-6-14)25-19-13-22-18(12-23-19)20(26)24-11-15-3-7-16(21)8-4-15/h3-10,12-13H,2,11H2,1H3,(H,23,25)(H,24,26). The quantitative estimate of drug-likeness (QED) is 0.709. The zero-order valence-corrected chi connectivity index (χ0v) is 14.4. The van der Waals surface area contributed by atoms with E-state index in [9.17, 15) is 9.18 Å². The van der Waals surface area contributed by atoms with Crippen molar-refractivity contribution in [3.63, 3.8) is 0 Å². The maximum Gasteiger partial charge on any atom is 0.271 e. The molecule has 5 nitrogen and oxygen atoms in total.